The number of aryl methyl sites for hydroxylation is 2. The maximum atomic E-state index is 12.5. The van der Waals surface area contributed by atoms with Crippen molar-refractivity contribution in [1.82, 2.24) is 9.88 Å². The molecule has 1 saturated carbocycles. The minimum atomic E-state index is -0.366. The molecule has 2 fully saturated rings. The van der Waals surface area contributed by atoms with Crippen molar-refractivity contribution in [2.24, 2.45) is 5.92 Å². The summed E-state index contributed by atoms with van der Waals surface area (Å²) >= 11 is 0. The Balaban J connectivity index is 1.48. The van der Waals surface area contributed by atoms with Gasteiger partial charge in [-0.25, -0.2) is 9.78 Å². The van der Waals surface area contributed by atoms with Crippen molar-refractivity contribution in [3.63, 3.8) is 0 Å². The SMILES string of the molecule is O=C(Nc1cc2c(cn1)CCCC2)N1CC[C@@H]2CC[C@@H](O)[C@@H]21. The molecule has 1 saturated heterocycles. The molecule has 0 radical (unpaired) electrons. The zero-order chi connectivity index (χ0) is 15.1. The molecule has 1 aromatic rings. The van der Waals surface area contributed by atoms with Gasteiger partial charge in [0.15, 0.2) is 0 Å². The van der Waals surface area contributed by atoms with Crippen LogP contribution in [0.5, 0.6) is 0 Å². The summed E-state index contributed by atoms with van der Waals surface area (Å²) in [6.45, 7) is 0.739. The highest BCUT2D eigenvalue weighted by atomic mass is 16.3. The Morgan fingerprint density at radius 2 is 2.05 bits per heavy atom. The van der Waals surface area contributed by atoms with Crippen LogP contribution in [0.25, 0.3) is 0 Å². The van der Waals surface area contributed by atoms with E-state index in [1.807, 2.05) is 17.2 Å². The zero-order valence-corrected chi connectivity index (χ0v) is 12.8. The van der Waals surface area contributed by atoms with Gasteiger partial charge in [-0.1, -0.05) is 0 Å². The van der Waals surface area contributed by atoms with Gasteiger partial charge in [-0.05, 0) is 68.1 Å². The smallest absolute Gasteiger partial charge is 0.323 e. The fraction of sp³-hybridized carbons (Fsp3) is 0.647. The number of nitrogens with zero attached hydrogens (tertiary/aromatic N) is 2. The van der Waals surface area contributed by atoms with Crippen LogP contribution in [0.3, 0.4) is 0 Å². The largest absolute Gasteiger partial charge is 0.391 e. The first-order valence-electron chi connectivity index (χ1n) is 8.46. The van der Waals surface area contributed by atoms with Crippen LogP contribution < -0.4 is 5.32 Å². The lowest BCUT2D eigenvalue weighted by Crippen LogP contribution is -2.44. The second-order valence-corrected chi connectivity index (χ2v) is 6.85. The normalized spacial score (nSPS) is 30.0. The maximum absolute atomic E-state index is 12.5. The summed E-state index contributed by atoms with van der Waals surface area (Å²) in [7, 11) is 0. The number of carbonyl (C=O) groups excluding carboxylic acids is 1. The third-order valence-corrected chi connectivity index (χ3v) is 5.53. The van der Waals surface area contributed by atoms with Crippen molar-refractivity contribution < 1.29 is 9.90 Å². The van der Waals surface area contributed by atoms with Crippen molar-refractivity contribution in [1.29, 1.82) is 0 Å². The molecule has 5 nitrogen and oxygen atoms in total. The van der Waals surface area contributed by atoms with E-state index < -0.39 is 0 Å². The standard InChI is InChI=1S/C17H23N3O2/c21-14-6-5-11-7-8-20(16(11)14)17(22)19-15-9-12-3-1-2-4-13(12)10-18-15/h9-11,14,16,21H,1-8H2,(H,18,19,22)/t11-,14+,16+/m0/s1. The number of nitrogens with one attached hydrogen (secondary N) is 1. The first-order valence-corrected chi connectivity index (χ1v) is 8.46. The number of aliphatic hydroxyl groups is 1. The van der Waals surface area contributed by atoms with E-state index in [-0.39, 0.29) is 18.2 Å². The van der Waals surface area contributed by atoms with E-state index in [0.29, 0.717) is 11.7 Å². The van der Waals surface area contributed by atoms with E-state index in [1.165, 1.54) is 24.0 Å². The number of hydrogen-bond acceptors (Lipinski definition) is 3. The molecule has 1 aliphatic heterocycles. The van der Waals surface area contributed by atoms with E-state index in [0.717, 1.165) is 38.6 Å². The van der Waals surface area contributed by atoms with E-state index in [1.54, 1.807) is 0 Å². The number of fused-ring (bicyclic) bond motifs is 2. The summed E-state index contributed by atoms with van der Waals surface area (Å²) in [4.78, 5) is 18.7. The lowest BCUT2D eigenvalue weighted by atomic mass is 9.93. The number of carbonyl (C=O) groups is 1. The maximum Gasteiger partial charge on any atom is 0.323 e. The van der Waals surface area contributed by atoms with Crippen LogP contribution in [0.15, 0.2) is 12.3 Å². The molecule has 0 unspecified atom stereocenters. The van der Waals surface area contributed by atoms with Gasteiger partial charge >= 0.3 is 6.03 Å². The van der Waals surface area contributed by atoms with Gasteiger partial charge in [0, 0.05) is 12.7 Å². The Kier molecular flexibility index (Phi) is 3.53. The third-order valence-electron chi connectivity index (χ3n) is 5.53. The van der Waals surface area contributed by atoms with Crippen LogP contribution in [0.4, 0.5) is 10.6 Å². The average molecular weight is 301 g/mol. The molecule has 3 aliphatic rings. The predicted molar refractivity (Wildman–Crippen MR) is 83.7 cm³/mol. The lowest BCUT2D eigenvalue weighted by molar-refractivity contribution is 0.101. The number of rotatable bonds is 1. The van der Waals surface area contributed by atoms with E-state index in [2.05, 4.69) is 10.3 Å². The quantitative estimate of drug-likeness (QED) is 0.836. The monoisotopic (exact) mass is 301 g/mol. The molecular weight excluding hydrogens is 278 g/mol. The van der Waals surface area contributed by atoms with E-state index >= 15 is 0 Å². The number of pyridine rings is 1. The Bertz CT molecular complexity index is 589. The van der Waals surface area contributed by atoms with Crippen LogP contribution in [-0.2, 0) is 12.8 Å². The summed E-state index contributed by atoms with van der Waals surface area (Å²) in [5, 5.41) is 13.0. The van der Waals surface area contributed by atoms with Gasteiger partial charge in [-0.2, -0.15) is 0 Å². The molecule has 2 aliphatic carbocycles. The summed E-state index contributed by atoms with van der Waals surface area (Å²) in [5.74, 6) is 1.11. The minimum absolute atomic E-state index is 0.00220. The highest BCUT2D eigenvalue weighted by Crippen LogP contribution is 2.38. The summed E-state index contributed by atoms with van der Waals surface area (Å²) in [5.41, 5.74) is 2.63. The second-order valence-electron chi connectivity index (χ2n) is 6.85. The molecule has 5 heteroatoms. The summed E-state index contributed by atoms with van der Waals surface area (Å²) in [6, 6.07) is 1.90. The topological polar surface area (TPSA) is 65.5 Å². The third kappa shape index (κ3) is 2.37. The number of amides is 2. The van der Waals surface area contributed by atoms with Gasteiger partial charge in [0.25, 0.3) is 0 Å². The molecule has 22 heavy (non-hydrogen) atoms. The van der Waals surface area contributed by atoms with Gasteiger partial charge in [0.05, 0.1) is 12.1 Å². The van der Waals surface area contributed by atoms with Gasteiger partial charge < -0.3 is 10.0 Å². The van der Waals surface area contributed by atoms with Gasteiger partial charge in [-0.15, -0.1) is 0 Å². The molecule has 2 heterocycles. The van der Waals surface area contributed by atoms with Crippen molar-refractivity contribution in [2.75, 3.05) is 11.9 Å². The van der Waals surface area contributed by atoms with E-state index in [4.69, 9.17) is 0 Å². The predicted octanol–water partition coefficient (Wildman–Crippen LogP) is 2.34. The van der Waals surface area contributed by atoms with Crippen molar-refractivity contribution in [3.8, 4) is 0 Å². The molecule has 0 aromatic carbocycles. The number of anilines is 1. The highest BCUT2D eigenvalue weighted by Gasteiger charge is 2.45. The molecule has 0 bridgehead atoms. The molecule has 0 spiro atoms. The van der Waals surface area contributed by atoms with Crippen molar-refractivity contribution >= 4 is 11.8 Å². The number of aliphatic hydroxyl groups excluding tert-OH is 1. The summed E-state index contributed by atoms with van der Waals surface area (Å²) in [6.07, 6.45) is 9.01. The number of likely N-dealkylation sites (tertiary alicyclic amines) is 1. The summed E-state index contributed by atoms with van der Waals surface area (Å²) < 4.78 is 0. The average Bonchev–Trinajstić information content (AvgIpc) is 3.10. The first kappa shape index (κ1) is 14.0. The van der Waals surface area contributed by atoms with Gasteiger partial charge in [0.1, 0.15) is 5.82 Å². The Morgan fingerprint density at radius 3 is 2.91 bits per heavy atom. The lowest BCUT2D eigenvalue weighted by Gasteiger charge is -2.27. The second kappa shape index (κ2) is 5.54. The van der Waals surface area contributed by atoms with Crippen molar-refractivity contribution in [2.45, 2.75) is 57.1 Å². The van der Waals surface area contributed by atoms with E-state index in [9.17, 15) is 9.90 Å². The van der Waals surface area contributed by atoms with Crippen LogP contribution in [0.2, 0.25) is 0 Å². The van der Waals surface area contributed by atoms with Crippen LogP contribution in [0, 0.1) is 5.92 Å². The Labute approximate surface area is 130 Å². The first-order chi connectivity index (χ1) is 10.7. The molecule has 4 rings (SSSR count). The Hall–Kier alpha value is -1.62. The minimum Gasteiger partial charge on any atom is -0.391 e. The van der Waals surface area contributed by atoms with Crippen LogP contribution >= 0.6 is 0 Å². The zero-order valence-electron chi connectivity index (χ0n) is 12.8. The number of hydrogen-bond donors (Lipinski definition) is 2. The molecule has 2 N–H and O–H groups in total. The number of urea groups is 1. The fourth-order valence-corrected chi connectivity index (χ4v) is 4.37. The highest BCUT2D eigenvalue weighted by molar-refractivity contribution is 5.89. The Morgan fingerprint density at radius 1 is 1.23 bits per heavy atom. The molecular formula is C17H23N3O2. The molecule has 2 amide bonds. The van der Waals surface area contributed by atoms with Crippen LogP contribution in [-0.4, -0.2) is 39.7 Å². The van der Waals surface area contributed by atoms with Crippen molar-refractivity contribution in [3.05, 3.63) is 23.4 Å². The molecule has 1 aromatic heterocycles. The fourth-order valence-electron chi connectivity index (χ4n) is 4.37. The van der Waals surface area contributed by atoms with Gasteiger partial charge in [0.2, 0.25) is 0 Å². The molecule has 3 atom stereocenters. The van der Waals surface area contributed by atoms with Crippen LogP contribution in [0.1, 0.15) is 43.2 Å². The van der Waals surface area contributed by atoms with Gasteiger partial charge in [-0.3, -0.25) is 5.32 Å². The number of aromatic nitrogens is 1. The molecule has 118 valence electrons.